The molecule has 0 radical (unpaired) electrons. The van der Waals surface area contributed by atoms with Crippen LogP contribution >= 0.6 is 0 Å². The van der Waals surface area contributed by atoms with Gasteiger partial charge in [-0.2, -0.15) is 4.52 Å². The molecule has 0 saturated carbocycles. The molecule has 2 heterocycles. The maximum absolute atomic E-state index is 5.52. The smallest absolute Gasteiger partial charge is 0.226 e. The Balaban J connectivity index is 1.63. The first-order valence-corrected chi connectivity index (χ1v) is 10.8. The van der Waals surface area contributed by atoms with Gasteiger partial charge < -0.3 is 14.8 Å². The van der Waals surface area contributed by atoms with Gasteiger partial charge in [-0.05, 0) is 17.5 Å². The summed E-state index contributed by atoms with van der Waals surface area (Å²) in [6.07, 6.45) is 0. The van der Waals surface area contributed by atoms with Crippen LogP contribution in [0.5, 0.6) is 11.5 Å². The first-order chi connectivity index (χ1) is 16.2. The third-order valence-electron chi connectivity index (χ3n) is 5.74. The van der Waals surface area contributed by atoms with Gasteiger partial charge in [0, 0.05) is 23.6 Å². The van der Waals surface area contributed by atoms with Gasteiger partial charge in [0.15, 0.2) is 23.0 Å². The maximum Gasteiger partial charge on any atom is 0.226 e. The van der Waals surface area contributed by atoms with Crippen molar-refractivity contribution in [3.8, 4) is 22.9 Å². The molecule has 33 heavy (non-hydrogen) atoms. The van der Waals surface area contributed by atoms with E-state index in [1.807, 2.05) is 48.5 Å². The molecule has 0 aliphatic heterocycles. The number of benzene rings is 3. The van der Waals surface area contributed by atoms with Crippen LogP contribution in [0.3, 0.4) is 0 Å². The summed E-state index contributed by atoms with van der Waals surface area (Å²) in [4.78, 5) is 9.74. The lowest BCUT2D eigenvalue weighted by atomic mass is 10.0. The molecule has 3 aromatic carbocycles. The fraction of sp³-hybridized carbons (Fsp3) is 0.192. The molecule has 0 saturated heterocycles. The molecule has 0 aliphatic carbocycles. The second-order valence-corrected chi connectivity index (χ2v) is 7.89. The van der Waals surface area contributed by atoms with Gasteiger partial charge in [0.2, 0.25) is 5.95 Å². The molecule has 0 spiro atoms. The van der Waals surface area contributed by atoms with Gasteiger partial charge in [-0.25, -0.2) is 9.97 Å². The van der Waals surface area contributed by atoms with E-state index in [9.17, 15) is 0 Å². The zero-order chi connectivity index (χ0) is 22.8. The predicted octanol–water partition coefficient (Wildman–Crippen LogP) is 5.18. The SMILES string of the molecule is COc1cc2nc(NC[C@@H](C)c3ccccc3)n3nc(-c4ccccc4)nc3c2cc1OC. The minimum Gasteiger partial charge on any atom is -0.493 e. The van der Waals surface area contributed by atoms with Crippen LogP contribution in [0.15, 0.2) is 72.8 Å². The molecule has 166 valence electrons. The summed E-state index contributed by atoms with van der Waals surface area (Å²) in [7, 11) is 3.24. The van der Waals surface area contributed by atoms with Crippen molar-refractivity contribution in [2.75, 3.05) is 26.1 Å². The Hall–Kier alpha value is -4.13. The number of nitrogens with one attached hydrogen (secondary N) is 1. The lowest BCUT2D eigenvalue weighted by Gasteiger charge is -2.15. The third kappa shape index (κ3) is 3.93. The van der Waals surface area contributed by atoms with E-state index in [1.54, 1.807) is 18.7 Å². The summed E-state index contributed by atoms with van der Waals surface area (Å²) in [6.45, 7) is 2.89. The van der Waals surface area contributed by atoms with Crippen molar-refractivity contribution < 1.29 is 9.47 Å². The fourth-order valence-electron chi connectivity index (χ4n) is 3.90. The minimum absolute atomic E-state index is 0.293. The number of fused-ring (bicyclic) bond motifs is 3. The van der Waals surface area contributed by atoms with E-state index in [0.717, 1.165) is 16.5 Å². The Morgan fingerprint density at radius 3 is 2.24 bits per heavy atom. The first kappa shape index (κ1) is 20.8. The molecular weight excluding hydrogens is 414 g/mol. The molecule has 2 aromatic heterocycles. The summed E-state index contributed by atoms with van der Waals surface area (Å²) >= 11 is 0. The van der Waals surface area contributed by atoms with Gasteiger partial charge in [0.05, 0.1) is 19.7 Å². The Morgan fingerprint density at radius 2 is 1.55 bits per heavy atom. The molecule has 0 unspecified atom stereocenters. The van der Waals surface area contributed by atoms with E-state index < -0.39 is 0 Å². The van der Waals surface area contributed by atoms with Crippen molar-refractivity contribution in [1.29, 1.82) is 0 Å². The zero-order valence-electron chi connectivity index (χ0n) is 18.8. The van der Waals surface area contributed by atoms with Gasteiger partial charge in [-0.15, -0.1) is 5.10 Å². The van der Waals surface area contributed by atoms with Gasteiger partial charge in [-0.3, -0.25) is 0 Å². The molecule has 1 atom stereocenters. The Labute approximate surface area is 192 Å². The Morgan fingerprint density at radius 1 is 0.879 bits per heavy atom. The lowest BCUT2D eigenvalue weighted by Crippen LogP contribution is -2.14. The number of rotatable bonds is 7. The van der Waals surface area contributed by atoms with Crippen molar-refractivity contribution in [3.05, 3.63) is 78.4 Å². The van der Waals surface area contributed by atoms with Crippen LogP contribution in [0.4, 0.5) is 5.95 Å². The molecule has 5 aromatic rings. The molecule has 0 aliphatic rings. The van der Waals surface area contributed by atoms with Gasteiger partial charge in [0.25, 0.3) is 0 Å². The highest BCUT2D eigenvalue weighted by Crippen LogP contribution is 2.34. The molecule has 5 rings (SSSR count). The largest absolute Gasteiger partial charge is 0.493 e. The molecule has 7 heteroatoms. The molecule has 1 N–H and O–H groups in total. The van der Waals surface area contributed by atoms with Crippen molar-refractivity contribution in [1.82, 2.24) is 19.6 Å². The maximum atomic E-state index is 5.52. The summed E-state index contributed by atoms with van der Waals surface area (Å²) in [6, 6.07) is 24.1. The summed E-state index contributed by atoms with van der Waals surface area (Å²) < 4.78 is 12.8. The van der Waals surface area contributed by atoms with Gasteiger partial charge in [-0.1, -0.05) is 67.6 Å². The molecule has 0 amide bonds. The number of anilines is 1. The predicted molar refractivity (Wildman–Crippen MR) is 130 cm³/mol. The third-order valence-corrected chi connectivity index (χ3v) is 5.74. The Bertz CT molecular complexity index is 1400. The molecular formula is C26H25N5O2. The fourth-order valence-corrected chi connectivity index (χ4v) is 3.90. The number of aromatic nitrogens is 4. The number of hydrogen-bond donors (Lipinski definition) is 1. The van der Waals surface area contributed by atoms with E-state index in [2.05, 4.69) is 36.5 Å². The highest BCUT2D eigenvalue weighted by atomic mass is 16.5. The number of hydrogen-bond acceptors (Lipinski definition) is 6. The van der Waals surface area contributed by atoms with E-state index >= 15 is 0 Å². The van der Waals surface area contributed by atoms with E-state index in [0.29, 0.717) is 41.4 Å². The average molecular weight is 440 g/mol. The summed E-state index contributed by atoms with van der Waals surface area (Å²) in [5, 5.41) is 9.11. The van der Waals surface area contributed by atoms with Crippen LogP contribution in [0.1, 0.15) is 18.4 Å². The van der Waals surface area contributed by atoms with Crippen molar-refractivity contribution in [3.63, 3.8) is 0 Å². The van der Waals surface area contributed by atoms with Gasteiger partial charge in [0.1, 0.15) is 0 Å². The second kappa shape index (κ2) is 8.78. The molecule has 0 fully saturated rings. The monoisotopic (exact) mass is 439 g/mol. The lowest BCUT2D eigenvalue weighted by molar-refractivity contribution is 0.356. The van der Waals surface area contributed by atoms with Crippen molar-refractivity contribution in [2.24, 2.45) is 0 Å². The number of methoxy groups -OCH3 is 2. The number of ether oxygens (including phenoxy) is 2. The minimum atomic E-state index is 0.293. The number of nitrogens with zero attached hydrogens (tertiary/aromatic N) is 4. The van der Waals surface area contributed by atoms with Crippen LogP contribution < -0.4 is 14.8 Å². The van der Waals surface area contributed by atoms with E-state index in [4.69, 9.17) is 24.5 Å². The van der Waals surface area contributed by atoms with E-state index in [-0.39, 0.29) is 0 Å². The standard InChI is InChI=1S/C26H25N5O2/c1-17(18-10-6-4-7-11-18)16-27-26-28-21-15-23(33-3)22(32-2)14-20(21)25-29-24(30-31(25)26)19-12-8-5-9-13-19/h4-15,17H,16H2,1-3H3,(H,27,28)/t17-/m1/s1. The van der Waals surface area contributed by atoms with Crippen LogP contribution in [0.2, 0.25) is 0 Å². The quantitative estimate of drug-likeness (QED) is 0.377. The molecule has 7 nitrogen and oxygen atoms in total. The topological polar surface area (TPSA) is 73.6 Å². The van der Waals surface area contributed by atoms with Gasteiger partial charge >= 0.3 is 0 Å². The van der Waals surface area contributed by atoms with E-state index in [1.165, 1.54) is 5.56 Å². The van der Waals surface area contributed by atoms with Crippen LogP contribution in [0.25, 0.3) is 27.9 Å². The van der Waals surface area contributed by atoms with Crippen LogP contribution in [-0.2, 0) is 0 Å². The van der Waals surface area contributed by atoms with Crippen LogP contribution in [-0.4, -0.2) is 40.3 Å². The van der Waals surface area contributed by atoms with Crippen molar-refractivity contribution in [2.45, 2.75) is 12.8 Å². The summed E-state index contributed by atoms with van der Waals surface area (Å²) in [5.74, 6) is 2.80. The highest BCUT2D eigenvalue weighted by Gasteiger charge is 2.18. The first-order valence-electron chi connectivity index (χ1n) is 10.8. The normalized spacial score (nSPS) is 12.1. The average Bonchev–Trinajstić information content (AvgIpc) is 3.33. The highest BCUT2D eigenvalue weighted by molar-refractivity contribution is 5.95. The zero-order valence-corrected chi connectivity index (χ0v) is 18.8. The van der Waals surface area contributed by atoms with Crippen LogP contribution in [0, 0.1) is 0 Å². The molecule has 0 bridgehead atoms. The van der Waals surface area contributed by atoms with Crippen molar-refractivity contribution >= 4 is 22.5 Å². The summed E-state index contributed by atoms with van der Waals surface area (Å²) in [5.41, 5.74) is 3.66. The second-order valence-electron chi connectivity index (χ2n) is 7.89. The Kier molecular flexibility index (Phi) is 5.52.